The molecule has 0 atom stereocenters. The van der Waals surface area contributed by atoms with E-state index in [0.29, 0.717) is 22.7 Å². The van der Waals surface area contributed by atoms with Crippen molar-refractivity contribution in [3.05, 3.63) is 88.9 Å². The van der Waals surface area contributed by atoms with E-state index in [4.69, 9.17) is 11.6 Å². The van der Waals surface area contributed by atoms with Gasteiger partial charge in [-0.1, -0.05) is 54.1 Å². The molecule has 1 N–H and O–H groups in total. The first-order valence-corrected chi connectivity index (χ1v) is 8.65. The Labute approximate surface area is 157 Å². The molecular weight excluding hydrogens is 346 g/mol. The second kappa shape index (κ2) is 7.98. The minimum absolute atomic E-state index is 0.0523. The lowest BCUT2D eigenvalue weighted by Gasteiger charge is -2.11. The summed E-state index contributed by atoms with van der Waals surface area (Å²) in [6.45, 7) is 1.54. The molecule has 3 aromatic rings. The number of para-hydroxylation sites is 1. The van der Waals surface area contributed by atoms with Gasteiger partial charge in [-0.2, -0.15) is 0 Å². The zero-order valence-electron chi connectivity index (χ0n) is 14.3. The van der Waals surface area contributed by atoms with E-state index in [1.807, 2.05) is 60.7 Å². The molecule has 0 heterocycles. The van der Waals surface area contributed by atoms with Crippen molar-refractivity contribution in [1.29, 1.82) is 0 Å². The summed E-state index contributed by atoms with van der Waals surface area (Å²) in [5, 5.41) is 3.58. The number of carbonyl (C=O) groups is 2. The predicted molar refractivity (Wildman–Crippen MR) is 106 cm³/mol. The number of ketones is 1. The Morgan fingerprint density at radius 2 is 1.62 bits per heavy atom. The molecule has 0 aliphatic rings. The zero-order valence-corrected chi connectivity index (χ0v) is 15.1. The highest BCUT2D eigenvalue weighted by atomic mass is 35.5. The fourth-order valence-electron chi connectivity index (χ4n) is 2.74. The van der Waals surface area contributed by atoms with Crippen molar-refractivity contribution in [2.24, 2.45) is 0 Å². The van der Waals surface area contributed by atoms with Crippen molar-refractivity contribution in [2.45, 2.75) is 13.3 Å². The fraction of sp³-hybridized carbons (Fsp3) is 0.0909. The number of hydrogen-bond acceptors (Lipinski definition) is 2. The molecule has 0 aliphatic carbocycles. The number of nitrogens with one attached hydrogen (secondary N) is 1. The number of halogens is 1. The maximum atomic E-state index is 12.7. The zero-order chi connectivity index (χ0) is 18.5. The van der Waals surface area contributed by atoms with Crippen LogP contribution in [0, 0.1) is 0 Å². The number of rotatable bonds is 5. The van der Waals surface area contributed by atoms with Crippen molar-refractivity contribution in [3.8, 4) is 11.1 Å². The van der Waals surface area contributed by atoms with E-state index in [2.05, 4.69) is 5.32 Å². The van der Waals surface area contributed by atoms with Gasteiger partial charge >= 0.3 is 0 Å². The minimum Gasteiger partial charge on any atom is -0.322 e. The first-order valence-electron chi connectivity index (χ1n) is 8.27. The Bertz CT molecular complexity index is 948. The monoisotopic (exact) mass is 363 g/mol. The van der Waals surface area contributed by atoms with E-state index in [9.17, 15) is 9.59 Å². The molecule has 0 aliphatic heterocycles. The van der Waals surface area contributed by atoms with Crippen molar-refractivity contribution >= 4 is 29.0 Å². The van der Waals surface area contributed by atoms with Crippen LogP contribution in [0.4, 0.5) is 5.69 Å². The van der Waals surface area contributed by atoms with Crippen molar-refractivity contribution in [3.63, 3.8) is 0 Å². The van der Waals surface area contributed by atoms with Crippen LogP contribution in [-0.2, 0) is 11.2 Å². The van der Waals surface area contributed by atoms with E-state index in [0.717, 1.165) is 16.7 Å². The Morgan fingerprint density at radius 3 is 2.35 bits per heavy atom. The molecule has 0 radical (unpaired) electrons. The van der Waals surface area contributed by atoms with E-state index < -0.39 is 0 Å². The molecule has 3 aromatic carbocycles. The average Bonchev–Trinajstić information content (AvgIpc) is 2.63. The summed E-state index contributed by atoms with van der Waals surface area (Å²) in [7, 11) is 0. The van der Waals surface area contributed by atoms with Crippen LogP contribution in [0.1, 0.15) is 22.8 Å². The quantitative estimate of drug-likeness (QED) is 0.660. The van der Waals surface area contributed by atoms with Gasteiger partial charge < -0.3 is 5.32 Å². The molecule has 26 heavy (non-hydrogen) atoms. The number of benzene rings is 3. The summed E-state index contributed by atoms with van der Waals surface area (Å²) in [5.41, 5.74) is 3.94. The molecule has 1 amide bonds. The number of Topliss-reactive ketones (excluding diaryl/α,β-unsaturated/α-hetero) is 1. The van der Waals surface area contributed by atoms with Gasteiger partial charge in [-0.25, -0.2) is 0 Å². The van der Waals surface area contributed by atoms with Gasteiger partial charge in [0.1, 0.15) is 5.78 Å². The van der Waals surface area contributed by atoms with Crippen LogP contribution < -0.4 is 5.32 Å². The van der Waals surface area contributed by atoms with E-state index in [1.165, 1.54) is 6.92 Å². The highest BCUT2D eigenvalue weighted by molar-refractivity contribution is 6.30. The summed E-state index contributed by atoms with van der Waals surface area (Å²) in [4.78, 5) is 24.1. The Kier molecular flexibility index (Phi) is 5.49. The normalized spacial score (nSPS) is 10.4. The Balaban J connectivity index is 1.84. The Hall–Kier alpha value is -2.91. The molecule has 3 rings (SSSR count). The lowest BCUT2D eigenvalue weighted by Crippen LogP contribution is -2.14. The van der Waals surface area contributed by atoms with Gasteiger partial charge in [0.25, 0.3) is 5.91 Å². The third-order valence-electron chi connectivity index (χ3n) is 4.01. The highest BCUT2D eigenvalue weighted by Gasteiger charge is 2.11. The molecule has 3 nitrogen and oxygen atoms in total. The molecule has 0 saturated heterocycles. The Morgan fingerprint density at radius 1 is 0.885 bits per heavy atom. The summed E-state index contributed by atoms with van der Waals surface area (Å²) in [5.74, 6) is -0.159. The lowest BCUT2D eigenvalue weighted by molar-refractivity contribution is -0.116. The van der Waals surface area contributed by atoms with Crippen LogP contribution in [-0.4, -0.2) is 11.7 Å². The largest absolute Gasteiger partial charge is 0.322 e. The third-order valence-corrected chi connectivity index (χ3v) is 4.26. The molecule has 0 spiro atoms. The van der Waals surface area contributed by atoms with Crippen LogP contribution in [0.5, 0.6) is 0 Å². The second-order valence-electron chi connectivity index (χ2n) is 6.08. The molecule has 0 aromatic heterocycles. The van der Waals surface area contributed by atoms with Crippen molar-refractivity contribution in [1.82, 2.24) is 0 Å². The topological polar surface area (TPSA) is 46.2 Å². The third kappa shape index (κ3) is 4.38. The van der Waals surface area contributed by atoms with Gasteiger partial charge in [0.05, 0.1) is 0 Å². The molecule has 4 heteroatoms. The molecule has 0 saturated carbocycles. The van der Waals surface area contributed by atoms with Gasteiger partial charge in [0, 0.05) is 22.7 Å². The molecule has 0 fully saturated rings. The number of hydrogen-bond donors (Lipinski definition) is 1. The molecule has 0 unspecified atom stereocenters. The van der Waals surface area contributed by atoms with E-state index in [1.54, 1.807) is 12.1 Å². The van der Waals surface area contributed by atoms with Crippen LogP contribution in [0.25, 0.3) is 11.1 Å². The molecule has 0 bridgehead atoms. The summed E-state index contributed by atoms with van der Waals surface area (Å²) in [6.07, 6.45) is 0.293. The van der Waals surface area contributed by atoms with Crippen LogP contribution in [0.3, 0.4) is 0 Å². The summed E-state index contributed by atoms with van der Waals surface area (Å²) < 4.78 is 0. The summed E-state index contributed by atoms with van der Waals surface area (Å²) in [6, 6.07) is 22.2. The number of anilines is 1. The van der Waals surface area contributed by atoms with Crippen LogP contribution in [0.2, 0.25) is 5.02 Å². The summed E-state index contributed by atoms with van der Waals surface area (Å²) >= 11 is 5.93. The van der Waals surface area contributed by atoms with Gasteiger partial charge in [-0.15, -0.1) is 0 Å². The first-order chi connectivity index (χ1) is 12.5. The predicted octanol–water partition coefficient (Wildman–Crippen LogP) is 5.39. The second-order valence-corrected chi connectivity index (χ2v) is 6.51. The van der Waals surface area contributed by atoms with E-state index >= 15 is 0 Å². The van der Waals surface area contributed by atoms with E-state index in [-0.39, 0.29) is 11.7 Å². The minimum atomic E-state index is -0.211. The fourth-order valence-corrected chi connectivity index (χ4v) is 2.87. The van der Waals surface area contributed by atoms with Crippen LogP contribution in [0.15, 0.2) is 72.8 Å². The van der Waals surface area contributed by atoms with Gasteiger partial charge in [-0.3, -0.25) is 9.59 Å². The standard InChI is InChI=1S/C22H18ClNO2/c1-15(25)13-18-5-2-3-8-21(18)24-22(26)19-7-4-6-17(14-19)16-9-11-20(23)12-10-16/h2-12,14H,13H2,1H3,(H,24,26). The van der Waals surface area contributed by atoms with Crippen LogP contribution >= 0.6 is 11.6 Å². The highest BCUT2D eigenvalue weighted by Crippen LogP contribution is 2.23. The maximum absolute atomic E-state index is 12.7. The van der Waals surface area contributed by atoms with Gasteiger partial charge in [0.15, 0.2) is 0 Å². The van der Waals surface area contributed by atoms with Gasteiger partial charge in [0.2, 0.25) is 0 Å². The lowest BCUT2D eigenvalue weighted by atomic mass is 10.0. The van der Waals surface area contributed by atoms with Gasteiger partial charge in [-0.05, 0) is 53.9 Å². The smallest absolute Gasteiger partial charge is 0.255 e. The van der Waals surface area contributed by atoms with Crippen molar-refractivity contribution in [2.75, 3.05) is 5.32 Å². The number of carbonyl (C=O) groups excluding carboxylic acids is 2. The first kappa shape index (κ1) is 17.9. The van der Waals surface area contributed by atoms with Crippen molar-refractivity contribution < 1.29 is 9.59 Å². The molecule has 130 valence electrons. The molecular formula is C22H18ClNO2. The number of amides is 1. The SMILES string of the molecule is CC(=O)Cc1ccccc1NC(=O)c1cccc(-c2ccc(Cl)cc2)c1. The maximum Gasteiger partial charge on any atom is 0.255 e. The average molecular weight is 364 g/mol.